The van der Waals surface area contributed by atoms with Crippen LogP contribution in [0.1, 0.15) is 44.1 Å². The standard InChI is InChI=1S/C18H28N2O/c21-18-9-5-4-8-17(18)20-12-10-16(11-13-20)19-14-15-6-2-1-3-7-15/h1-3,6-7,16-19,21H,4-5,8-14H2. The van der Waals surface area contributed by atoms with Crippen molar-refractivity contribution in [3.8, 4) is 0 Å². The van der Waals surface area contributed by atoms with Gasteiger partial charge in [0.05, 0.1) is 6.10 Å². The number of nitrogens with one attached hydrogen (secondary N) is 1. The molecule has 0 amide bonds. The first-order valence-electron chi connectivity index (χ1n) is 8.52. The summed E-state index contributed by atoms with van der Waals surface area (Å²) in [6.07, 6.45) is 6.99. The van der Waals surface area contributed by atoms with Crippen molar-refractivity contribution in [3.05, 3.63) is 35.9 Å². The van der Waals surface area contributed by atoms with Gasteiger partial charge in [0.2, 0.25) is 0 Å². The summed E-state index contributed by atoms with van der Waals surface area (Å²) >= 11 is 0. The summed E-state index contributed by atoms with van der Waals surface area (Å²) in [6, 6.07) is 11.7. The summed E-state index contributed by atoms with van der Waals surface area (Å²) in [6.45, 7) is 3.24. The Morgan fingerprint density at radius 3 is 2.43 bits per heavy atom. The lowest BCUT2D eigenvalue weighted by atomic mass is 9.89. The van der Waals surface area contributed by atoms with Gasteiger partial charge in [-0.15, -0.1) is 0 Å². The molecule has 116 valence electrons. The van der Waals surface area contributed by atoms with Crippen molar-refractivity contribution >= 4 is 0 Å². The molecule has 1 saturated carbocycles. The second kappa shape index (κ2) is 7.39. The Bertz CT molecular complexity index is 414. The number of aliphatic hydroxyl groups excluding tert-OH is 1. The highest BCUT2D eigenvalue weighted by Gasteiger charge is 2.31. The summed E-state index contributed by atoms with van der Waals surface area (Å²) in [4.78, 5) is 2.53. The molecule has 1 aromatic carbocycles. The largest absolute Gasteiger partial charge is 0.391 e. The molecule has 1 heterocycles. The van der Waals surface area contributed by atoms with Crippen molar-refractivity contribution in [2.24, 2.45) is 0 Å². The van der Waals surface area contributed by atoms with Gasteiger partial charge in [0.15, 0.2) is 0 Å². The molecular weight excluding hydrogens is 260 g/mol. The quantitative estimate of drug-likeness (QED) is 0.894. The summed E-state index contributed by atoms with van der Waals surface area (Å²) in [5.41, 5.74) is 1.36. The number of benzene rings is 1. The van der Waals surface area contributed by atoms with Crippen molar-refractivity contribution < 1.29 is 5.11 Å². The van der Waals surface area contributed by atoms with Gasteiger partial charge >= 0.3 is 0 Å². The lowest BCUT2D eigenvalue weighted by Crippen LogP contribution is -2.51. The van der Waals surface area contributed by atoms with Gasteiger partial charge in [0.1, 0.15) is 0 Å². The Morgan fingerprint density at radius 1 is 1.00 bits per heavy atom. The molecule has 1 aliphatic carbocycles. The van der Waals surface area contributed by atoms with E-state index in [1.54, 1.807) is 0 Å². The van der Waals surface area contributed by atoms with Crippen LogP contribution in [0.15, 0.2) is 30.3 Å². The van der Waals surface area contributed by atoms with E-state index in [0.717, 1.165) is 26.1 Å². The molecule has 0 aromatic heterocycles. The number of hydrogen-bond acceptors (Lipinski definition) is 3. The van der Waals surface area contributed by atoms with E-state index < -0.39 is 0 Å². The number of hydrogen-bond donors (Lipinski definition) is 2. The Morgan fingerprint density at radius 2 is 1.71 bits per heavy atom. The second-order valence-electron chi connectivity index (χ2n) is 6.60. The highest BCUT2D eigenvalue weighted by Crippen LogP contribution is 2.25. The third kappa shape index (κ3) is 4.06. The maximum atomic E-state index is 10.2. The average Bonchev–Trinajstić information content (AvgIpc) is 2.55. The van der Waals surface area contributed by atoms with Gasteiger partial charge in [-0.2, -0.15) is 0 Å². The third-order valence-electron chi connectivity index (χ3n) is 5.13. The first-order valence-corrected chi connectivity index (χ1v) is 8.52. The van der Waals surface area contributed by atoms with Crippen LogP contribution >= 0.6 is 0 Å². The number of aliphatic hydroxyl groups is 1. The zero-order valence-corrected chi connectivity index (χ0v) is 12.9. The number of likely N-dealkylation sites (tertiary alicyclic amines) is 1. The molecule has 1 aromatic rings. The molecule has 2 atom stereocenters. The summed E-state index contributed by atoms with van der Waals surface area (Å²) < 4.78 is 0. The Balaban J connectivity index is 1.42. The Hall–Kier alpha value is -0.900. The molecule has 2 N–H and O–H groups in total. The molecule has 1 saturated heterocycles. The van der Waals surface area contributed by atoms with E-state index in [2.05, 4.69) is 40.5 Å². The first-order chi connectivity index (χ1) is 10.3. The van der Waals surface area contributed by atoms with Crippen LogP contribution in [0.25, 0.3) is 0 Å². The molecule has 2 unspecified atom stereocenters. The summed E-state index contributed by atoms with van der Waals surface area (Å²) in [5, 5.41) is 13.9. The van der Waals surface area contributed by atoms with E-state index in [1.807, 2.05) is 0 Å². The fourth-order valence-electron chi connectivity index (χ4n) is 3.81. The van der Waals surface area contributed by atoms with Crippen molar-refractivity contribution in [2.45, 2.75) is 63.3 Å². The summed E-state index contributed by atoms with van der Waals surface area (Å²) in [7, 11) is 0. The zero-order chi connectivity index (χ0) is 14.5. The number of piperidine rings is 1. The van der Waals surface area contributed by atoms with Gasteiger partial charge in [-0.1, -0.05) is 43.2 Å². The first kappa shape index (κ1) is 15.0. The monoisotopic (exact) mass is 288 g/mol. The average molecular weight is 288 g/mol. The smallest absolute Gasteiger partial charge is 0.0695 e. The maximum absolute atomic E-state index is 10.2. The van der Waals surface area contributed by atoms with E-state index in [9.17, 15) is 5.11 Å². The predicted octanol–water partition coefficient (Wildman–Crippen LogP) is 2.54. The molecule has 0 bridgehead atoms. The zero-order valence-electron chi connectivity index (χ0n) is 12.9. The highest BCUT2D eigenvalue weighted by molar-refractivity contribution is 5.14. The Kier molecular flexibility index (Phi) is 5.28. The molecule has 0 radical (unpaired) electrons. The molecular formula is C18H28N2O. The van der Waals surface area contributed by atoms with Crippen molar-refractivity contribution in [3.63, 3.8) is 0 Å². The minimum absolute atomic E-state index is 0.0902. The highest BCUT2D eigenvalue weighted by atomic mass is 16.3. The van der Waals surface area contributed by atoms with E-state index in [1.165, 1.54) is 37.7 Å². The van der Waals surface area contributed by atoms with E-state index >= 15 is 0 Å². The molecule has 2 aliphatic rings. The van der Waals surface area contributed by atoms with Crippen LogP contribution in [0.4, 0.5) is 0 Å². The number of rotatable bonds is 4. The molecule has 2 fully saturated rings. The van der Waals surface area contributed by atoms with Crippen LogP contribution < -0.4 is 5.32 Å². The lowest BCUT2D eigenvalue weighted by molar-refractivity contribution is 0.00714. The van der Waals surface area contributed by atoms with Crippen molar-refractivity contribution in [1.29, 1.82) is 0 Å². The molecule has 1 aliphatic heterocycles. The normalized spacial score (nSPS) is 28.6. The minimum Gasteiger partial charge on any atom is -0.391 e. The fraction of sp³-hybridized carbons (Fsp3) is 0.667. The van der Waals surface area contributed by atoms with Gasteiger partial charge in [0.25, 0.3) is 0 Å². The van der Waals surface area contributed by atoms with Gasteiger partial charge in [-0.3, -0.25) is 4.90 Å². The van der Waals surface area contributed by atoms with Gasteiger partial charge in [0, 0.05) is 31.7 Å². The molecule has 3 nitrogen and oxygen atoms in total. The van der Waals surface area contributed by atoms with E-state index in [0.29, 0.717) is 12.1 Å². The second-order valence-corrected chi connectivity index (χ2v) is 6.60. The van der Waals surface area contributed by atoms with E-state index in [-0.39, 0.29) is 6.10 Å². The van der Waals surface area contributed by atoms with Crippen molar-refractivity contribution in [1.82, 2.24) is 10.2 Å². The third-order valence-corrected chi connectivity index (χ3v) is 5.13. The van der Waals surface area contributed by atoms with Gasteiger partial charge < -0.3 is 10.4 Å². The SMILES string of the molecule is OC1CCCCC1N1CCC(NCc2ccccc2)CC1. The molecule has 3 heteroatoms. The maximum Gasteiger partial charge on any atom is 0.0695 e. The minimum atomic E-state index is -0.0902. The van der Waals surface area contributed by atoms with E-state index in [4.69, 9.17) is 0 Å². The van der Waals surface area contributed by atoms with Crippen LogP contribution in [0, 0.1) is 0 Å². The van der Waals surface area contributed by atoms with Crippen LogP contribution in [0.2, 0.25) is 0 Å². The van der Waals surface area contributed by atoms with Crippen LogP contribution in [0.5, 0.6) is 0 Å². The van der Waals surface area contributed by atoms with Crippen LogP contribution in [-0.4, -0.2) is 41.3 Å². The molecule has 0 spiro atoms. The number of nitrogens with zero attached hydrogens (tertiary/aromatic N) is 1. The summed E-state index contributed by atoms with van der Waals surface area (Å²) in [5.74, 6) is 0. The lowest BCUT2D eigenvalue weighted by Gasteiger charge is -2.41. The predicted molar refractivity (Wildman–Crippen MR) is 86.1 cm³/mol. The topological polar surface area (TPSA) is 35.5 Å². The van der Waals surface area contributed by atoms with Crippen LogP contribution in [-0.2, 0) is 6.54 Å². The molecule has 3 rings (SSSR count). The van der Waals surface area contributed by atoms with Gasteiger partial charge in [-0.05, 0) is 31.2 Å². The van der Waals surface area contributed by atoms with Crippen molar-refractivity contribution in [2.75, 3.05) is 13.1 Å². The van der Waals surface area contributed by atoms with Crippen LogP contribution in [0.3, 0.4) is 0 Å². The molecule has 21 heavy (non-hydrogen) atoms. The Labute approximate surface area is 128 Å². The fourth-order valence-corrected chi connectivity index (χ4v) is 3.81. The van der Waals surface area contributed by atoms with Gasteiger partial charge in [-0.25, -0.2) is 0 Å².